The van der Waals surface area contributed by atoms with Crippen molar-refractivity contribution in [3.8, 4) is 0 Å². The first kappa shape index (κ1) is 10.6. The fraction of sp³-hybridized carbons (Fsp3) is 0.583. The third kappa shape index (κ3) is 3.01. The molecule has 2 N–H and O–H groups in total. The first-order valence-corrected chi connectivity index (χ1v) is 5.75. The Balaban J connectivity index is 1.91. The van der Waals surface area contributed by atoms with Crippen molar-refractivity contribution in [2.24, 2.45) is 5.73 Å². The number of nitrogens with two attached hydrogens (primary N) is 1. The molecule has 0 atom stereocenters. The van der Waals surface area contributed by atoms with Gasteiger partial charge in [0.05, 0.1) is 5.69 Å². The van der Waals surface area contributed by atoms with Crippen LogP contribution >= 0.6 is 0 Å². The topological polar surface area (TPSA) is 42.1 Å². The van der Waals surface area contributed by atoms with E-state index in [1.54, 1.807) is 0 Å². The lowest BCUT2D eigenvalue weighted by atomic mass is 10.2. The number of hydrogen-bond donors (Lipinski definition) is 1. The van der Waals surface area contributed by atoms with Gasteiger partial charge in [0.1, 0.15) is 0 Å². The van der Waals surface area contributed by atoms with Crippen LogP contribution in [0, 0.1) is 0 Å². The number of nitrogens with zero attached hydrogens (tertiary/aromatic N) is 2. The molecule has 0 aromatic carbocycles. The van der Waals surface area contributed by atoms with Gasteiger partial charge in [-0.3, -0.25) is 9.88 Å². The Kier molecular flexibility index (Phi) is 3.69. The standard InChI is InChI=1S/C12H19N3/c13-6-5-11-3-4-12(14-9-11)10-15-7-1-2-8-15/h3-4,9H,1-2,5-8,10,13H2. The Morgan fingerprint density at radius 2 is 2.07 bits per heavy atom. The molecule has 2 heterocycles. The minimum Gasteiger partial charge on any atom is -0.330 e. The van der Waals surface area contributed by atoms with Gasteiger partial charge in [-0.05, 0) is 50.5 Å². The van der Waals surface area contributed by atoms with Crippen LogP contribution in [0.3, 0.4) is 0 Å². The van der Waals surface area contributed by atoms with Gasteiger partial charge in [0.15, 0.2) is 0 Å². The summed E-state index contributed by atoms with van der Waals surface area (Å²) in [6.45, 7) is 4.16. The first-order valence-electron chi connectivity index (χ1n) is 5.75. The molecule has 1 aliphatic rings. The number of aromatic nitrogens is 1. The molecule has 0 saturated carbocycles. The van der Waals surface area contributed by atoms with E-state index in [4.69, 9.17) is 5.73 Å². The minimum atomic E-state index is 0.702. The SMILES string of the molecule is NCCc1ccc(CN2CCCC2)nc1. The van der Waals surface area contributed by atoms with Crippen molar-refractivity contribution in [3.05, 3.63) is 29.6 Å². The van der Waals surface area contributed by atoms with Gasteiger partial charge in [-0.1, -0.05) is 6.07 Å². The molecule has 3 heteroatoms. The predicted molar refractivity (Wildman–Crippen MR) is 61.5 cm³/mol. The van der Waals surface area contributed by atoms with Crippen LogP contribution in [0.1, 0.15) is 24.1 Å². The second kappa shape index (κ2) is 5.24. The van der Waals surface area contributed by atoms with Crippen LogP contribution in [-0.4, -0.2) is 29.5 Å². The second-order valence-corrected chi connectivity index (χ2v) is 4.18. The lowest BCUT2D eigenvalue weighted by Crippen LogP contribution is -2.19. The predicted octanol–water partition coefficient (Wildman–Crippen LogP) is 1.18. The summed E-state index contributed by atoms with van der Waals surface area (Å²) in [6.07, 6.45) is 5.56. The van der Waals surface area contributed by atoms with Gasteiger partial charge >= 0.3 is 0 Å². The van der Waals surface area contributed by atoms with E-state index >= 15 is 0 Å². The molecule has 0 unspecified atom stereocenters. The summed E-state index contributed by atoms with van der Waals surface area (Å²) < 4.78 is 0. The molecular weight excluding hydrogens is 186 g/mol. The fourth-order valence-corrected chi connectivity index (χ4v) is 2.03. The van der Waals surface area contributed by atoms with Gasteiger partial charge in [0.25, 0.3) is 0 Å². The van der Waals surface area contributed by atoms with Crippen LogP contribution in [-0.2, 0) is 13.0 Å². The first-order chi connectivity index (χ1) is 7.38. The molecule has 0 aliphatic carbocycles. The summed E-state index contributed by atoms with van der Waals surface area (Å²) in [5.41, 5.74) is 7.91. The largest absolute Gasteiger partial charge is 0.330 e. The molecule has 0 amide bonds. The van der Waals surface area contributed by atoms with Gasteiger partial charge in [-0.2, -0.15) is 0 Å². The lowest BCUT2D eigenvalue weighted by Gasteiger charge is -2.13. The third-order valence-electron chi connectivity index (χ3n) is 2.90. The monoisotopic (exact) mass is 205 g/mol. The quantitative estimate of drug-likeness (QED) is 0.802. The smallest absolute Gasteiger partial charge is 0.0544 e. The van der Waals surface area contributed by atoms with Crippen LogP contribution < -0.4 is 5.73 Å². The zero-order chi connectivity index (χ0) is 10.5. The molecule has 3 nitrogen and oxygen atoms in total. The Bertz CT molecular complexity index is 288. The van der Waals surface area contributed by atoms with Crippen molar-refractivity contribution in [2.75, 3.05) is 19.6 Å². The van der Waals surface area contributed by atoms with E-state index in [9.17, 15) is 0 Å². The highest BCUT2D eigenvalue weighted by Crippen LogP contribution is 2.11. The Hall–Kier alpha value is -0.930. The van der Waals surface area contributed by atoms with E-state index in [2.05, 4.69) is 22.0 Å². The van der Waals surface area contributed by atoms with E-state index < -0.39 is 0 Å². The van der Waals surface area contributed by atoms with Crippen molar-refractivity contribution in [2.45, 2.75) is 25.8 Å². The molecule has 2 rings (SSSR count). The summed E-state index contributed by atoms with van der Waals surface area (Å²) in [7, 11) is 0. The molecule has 0 spiro atoms. The average molecular weight is 205 g/mol. The third-order valence-corrected chi connectivity index (χ3v) is 2.90. The minimum absolute atomic E-state index is 0.702. The summed E-state index contributed by atoms with van der Waals surface area (Å²) in [5, 5.41) is 0. The van der Waals surface area contributed by atoms with Crippen molar-refractivity contribution in [1.29, 1.82) is 0 Å². The Morgan fingerprint density at radius 1 is 1.27 bits per heavy atom. The number of rotatable bonds is 4. The number of hydrogen-bond acceptors (Lipinski definition) is 3. The van der Waals surface area contributed by atoms with Gasteiger partial charge in [-0.15, -0.1) is 0 Å². The molecule has 1 saturated heterocycles. The molecule has 1 aromatic rings. The van der Waals surface area contributed by atoms with Crippen molar-refractivity contribution in [3.63, 3.8) is 0 Å². The Morgan fingerprint density at radius 3 is 2.67 bits per heavy atom. The normalized spacial score (nSPS) is 17.1. The maximum absolute atomic E-state index is 5.49. The van der Waals surface area contributed by atoms with Gasteiger partial charge in [0, 0.05) is 12.7 Å². The van der Waals surface area contributed by atoms with Crippen LogP contribution in [0.2, 0.25) is 0 Å². The maximum Gasteiger partial charge on any atom is 0.0544 e. The van der Waals surface area contributed by atoms with Crippen molar-refractivity contribution >= 4 is 0 Å². The highest BCUT2D eigenvalue weighted by atomic mass is 15.1. The van der Waals surface area contributed by atoms with E-state index in [1.165, 1.54) is 37.2 Å². The molecule has 1 fully saturated rings. The van der Waals surface area contributed by atoms with Crippen LogP contribution in [0.4, 0.5) is 0 Å². The molecule has 1 aliphatic heterocycles. The van der Waals surface area contributed by atoms with E-state index in [0.29, 0.717) is 6.54 Å². The van der Waals surface area contributed by atoms with Crippen molar-refractivity contribution < 1.29 is 0 Å². The van der Waals surface area contributed by atoms with E-state index in [-0.39, 0.29) is 0 Å². The average Bonchev–Trinajstić information content (AvgIpc) is 2.74. The highest BCUT2D eigenvalue weighted by molar-refractivity contribution is 5.14. The highest BCUT2D eigenvalue weighted by Gasteiger charge is 2.11. The van der Waals surface area contributed by atoms with Gasteiger partial charge < -0.3 is 5.73 Å². The van der Waals surface area contributed by atoms with Crippen LogP contribution in [0.5, 0.6) is 0 Å². The molecule has 82 valence electrons. The summed E-state index contributed by atoms with van der Waals surface area (Å²) in [5.74, 6) is 0. The summed E-state index contributed by atoms with van der Waals surface area (Å²) >= 11 is 0. The summed E-state index contributed by atoms with van der Waals surface area (Å²) in [6, 6.07) is 4.27. The zero-order valence-electron chi connectivity index (χ0n) is 9.15. The molecule has 0 bridgehead atoms. The van der Waals surface area contributed by atoms with Gasteiger partial charge in [0.2, 0.25) is 0 Å². The fourth-order valence-electron chi connectivity index (χ4n) is 2.03. The lowest BCUT2D eigenvalue weighted by molar-refractivity contribution is 0.327. The zero-order valence-corrected chi connectivity index (χ0v) is 9.15. The number of likely N-dealkylation sites (tertiary alicyclic amines) is 1. The molecule has 15 heavy (non-hydrogen) atoms. The maximum atomic E-state index is 5.49. The molecule has 0 radical (unpaired) electrons. The number of pyridine rings is 1. The molecule has 1 aromatic heterocycles. The van der Waals surface area contributed by atoms with E-state index in [0.717, 1.165) is 13.0 Å². The van der Waals surface area contributed by atoms with Crippen molar-refractivity contribution in [1.82, 2.24) is 9.88 Å². The molecular formula is C12H19N3. The van der Waals surface area contributed by atoms with Crippen LogP contribution in [0.15, 0.2) is 18.3 Å². The summed E-state index contributed by atoms with van der Waals surface area (Å²) in [4.78, 5) is 6.93. The van der Waals surface area contributed by atoms with Crippen LogP contribution in [0.25, 0.3) is 0 Å². The van der Waals surface area contributed by atoms with Gasteiger partial charge in [-0.25, -0.2) is 0 Å². The second-order valence-electron chi connectivity index (χ2n) is 4.18. The Labute approximate surface area is 91.3 Å². The van der Waals surface area contributed by atoms with E-state index in [1.807, 2.05) is 6.20 Å².